The number of nitrogens with one attached hydrogen (secondary N) is 1. The number of aromatic nitrogens is 3. The molecule has 4 aromatic rings. The molecule has 0 radical (unpaired) electrons. The zero-order chi connectivity index (χ0) is 17.1. The van der Waals surface area contributed by atoms with Crippen LogP contribution < -0.4 is 5.32 Å². The Morgan fingerprint density at radius 3 is 2.68 bits per heavy atom. The molecule has 0 aliphatic carbocycles. The maximum absolute atomic E-state index is 4.73. The first-order valence-electron chi connectivity index (χ1n) is 7.91. The smallest absolute Gasteiger partial charge is 0.210 e. The summed E-state index contributed by atoms with van der Waals surface area (Å²) in [6.07, 6.45) is 0. The normalized spacial score (nSPS) is 10.9. The Balaban J connectivity index is 1.45. The zero-order valence-electron chi connectivity index (χ0n) is 13.6. The van der Waals surface area contributed by atoms with Gasteiger partial charge in [-0.1, -0.05) is 59.5 Å². The zero-order valence-corrected chi connectivity index (χ0v) is 15.3. The van der Waals surface area contributed by atoms with Crippen LogP contribution >= 0.6 is 23.1 Å². The lowest BCUT2D eigenvalue weighted by atomic mass is 10.1. The summed E-state index contributed by atoms with van der Waals surface area (Å²) in [5.41, 5.74) is 3.30. The Morgan fingerprint density at radius 2 is 1.80 bits per heavy atom. The van der Waals surface area contributed by atoms with Gasteiger partial charge in [0.2, 0.25) is 5.13 Å². The van der Waals surface area contributed by atoms with Crippen molar-refractivity contribution >= 4 is 44.8 Å². The number of aryl methyl sites for hydroxylation is 1. The van der Waals surface area contributed by atoms with Gasteiger partial charge in [0.15, 0.2) is 0 Å². The second kappa shape index (κ2) is 7.21. The van der Waals surface area contributed by atoms with E-state index < -0.39 is 0 Å². The molecule has 0 aliphatic rings. The van der Waals surface area contributed by atoms with E-state index in [1.165, 1.54) is 10.9 Å². The fourth-order valence-electron chi connectivity index (χ4n) is 2.54. The Kier molecular flexibility index (Phi) is 4.63. The number of rotatable bonds is 5. The fourth-order valence-corrected chi connectivity index (χ4v) is 4.26. The summed E-state index contributed by atoms with van der Waals surface area (Å²) in [7, 11) is 0. The third kappa shape index (κ3) is 3.81. The number of thioether (sulfide) groups is 1. The van der Waals surface area contributed by atoms with Gasteiger partial charge in [-0.2, -0.15) is 0 Å². The molecule has 0 unspecified atom stereocenters. The van der Waals surface area contributed by atoms with Gasteiger partial charge in [0, 0.05) is 11.1 Å². The van der Waals surface area contributed by atoms with Crippen LogP contribution in [0.4, 0.5) is 10.8 Å². The SMILES string of the molecule is Cc1cc(SCc2nnc(Nc3ccccc3)s2)nc2ccccc12. The summed E-state index contributed by atoms with van der Waals surface area (Å²) >= 11 is 3.26. The number of fused-ring (bicyclic) bond motifs is 1. The number of hydrogen-bond donors (Lipinski definition) is 1. The summed E-state index contributed by atoms with van der Waals surface area (Å²) in [4.78, 5) is 4.73. The molecule has 4 nitrogen and oxygen atoms in total. The predicted molar refractivity (Wildman–Crippen MR) is 106 cm³/mol. The fraction of sp³-hybridized carbons (Fsp3) is 0.105. The van der Waals surface area contributed by atoms with Crippen LogP contribution in [-0.4, -0.2) is 15.2 Å². The Labute approximate surface area is 154 Å². The highest BCUT2D eigenvalue weighted by atomic mass is 32.2. The van der Waals surface area contributed by atoms with Crippen molar-refractivity contribution < 1.29 is 0 Å². The van der Waals surface area contributed by atoms with Gasteiger partial charge in [0.05, 0.1) is 16.3 Å². The van der Waals surface area contributed by atoms with Crippen molar-refractivity contribution in [3.63, 3.8) is 0 Å². The van der Waals surface area contributed by atoms with E-state index in [0.29, 0.717) is 0 Å². The first-order chi connectivity index (χ1) is 12.3. The van der Waals surface area contributed by atoms with Crippen LogP contribution in [0.1, 0.15) is 10.6 Å². The highest BCUT2D eigenvalue weighted by molar-refractivity contribution is 7.98. The molecule has 6 heteroatoms. The van der Waals surface area contributed by atoms with Crippen molar-refractivity contribution in [1.29, 1.82) is 0 Å². The van der Waals surface area contributed by atoms with E-state index in [0.717, 1.165) is 32.1 Å². The standard InChI is InChI=1S/C19H16N4S2/c1-13-11-17(21-16-10-6-5-9-15(13)16)24-12-18-22-23-19(25-18)20-14-7-3-2-4-8-14/h2-11H,12H2,1H3,(H,20,23). The quantitative estimate of drug-likeness (QED) is 0.479. The maximum atomic E-state index is 4.73. The predicted octanol–water partition coefficient (Wildman–Crippen LogP) is 5.43. The van der Waals surface area contributed by atoms with E-state index in [1.54, 1.807) is 23.1 Å². The molecule has 0 atom stereocenters. The van der Waals surface area contributed by atoms with Crippen molar-refractivity contribution in [3.8, 4) is 0 Å². The van der Waals surface area contributed by atoms with Gasteiger partial charge in [-0.15, -0.1) is 10.2 Å². The first kappa shape index (κ1) is 16.1. The molecule has 124 valence electrons. The van der Waals surface area contributed by atoms with E-state index in [2.05, 4.69) is 40.6 Å². The number of para-hydroxylation sites is 2. The van der Waals surface area contributed by atoms with Crippen LogP contribution in [0, 0.1) is 6.92 Å². The molecule has 25 heavy (non-hydrogen) atoms. The number of hydrogen-bond acceptors (Lipinski definition) is 6. The number of nitrogens with zero attached hydrogens (tertiary/aromatic N) is 3. The minimum Gasteiger partial charge on any atom is -0.330 e. The van der Waals surface area contributed by atoms with Gasteiger partial charge < -0.3 is 5.32 Å². The number of benzene rings is 2. The molecule has 0 saturated heterocycles. The van der Waals surface area contributed by atoms with Crippen LogP contribution in [0.15, 0.2) is 65.7 Å². The van der Waals surface area contributed by atoms with Crippen LogP contribution in [-0.2, 0) is 5.75 Å². The topological polar surface area (TPSA) is 50.7 Å². The summed E-state index contributed by atoms with van der Waals surface area (Å²) in [6.45, 7) is 2.13. The molecule has 0 aliphatic heterocycles. The molecule has 2 aromatic carbocycles. The minimum atomic E-state index is 0.763. The third-order valence-electron chi connectivity index (χ3n) is 3.73. The number of anilines is 2. The molecule has 0 fully saturated rings. The average molecular weight is 364 g/mol. The van der Waals surface area contributed by atoms with E-state index in [9.17, 15) is 0 Å². The van der Waals surface area contributed by atoms with Crippen LogP contribution in [0.2, 0.25) is 0 Å². The van der Waals surface area contributed by atoms with E-state index in [-0.39, 0.29) is 0 Å². The van der Waals surface area contributed by atoms with E-state index >= 15 is 0 Å². The lowest BCUT2D eigenvalue weighted by Gasteiger charge is -2.05. The highest BCUT2D eigenvalue weighted by Gasteiger charge is 2.07. The van der Waals surface area contributed by atoms with Gasteiger partial charge >= 0.3 is 0 Å². The Bertz CT molecular complexity index is 999. The Morgan fingerprint density at radius 1 is 1.00 bits per heavy atom. The molecular weight excluding hydrogens is 348 g/mol. The lowest BCUT2D eigenvalue weighted by Crippen LogP contribution is -1.88. The molecule has 0 spiro atoms. The van der Waals surface area contributed by atoms with Crippen molar-refractivity contribution in [3.05, 3.63) is 71.2 Å². The van der Waals surface area contributed by atoms with Crippen LogP contribution in [0.5, 0.6) is 0 Å². The summed E-state index contributed by atoms with van der Waals surface area (Å²) in [5.74, 6) is 0.763. The summed E-state index contributed by atoms with van der Waals surface area (Å²) in [5, 5.41) is 15.8. The maximum Gasteiger partial charge on any atom is 0.210 e. The van der Waals surface area contributed by atoms with Crippen molar-refractivity contribution in [1.82, 2.24) is 15.2 Å². The number of pyridine rings is 1. The van der Waals surface area contributed by atoms with E-state index in [4.69, 9.17) is 4.98 Å². The second-order valence-corrected chi connectivity index (χ2v) is 7.63. The van der Waals surface area contributed by atoms with Crippen LogP contribution in [0.3, 0.4) is 0 Å². The average Bonchev–Trinajstić information content (AvgIpc) is 3.08. The monoisotopic (exact) mass is 364 g/mol. The molecule has 2 aromatic heterocycles. The van der Waals surface area contributed by atoms with E-state index in [1.807, 2.05) is 42.5 Å². The summed E-state index contributed by atoms with van der Waals surface area (Å²) in [6, 6.07) is 20.4. The first-order valence-corrected chi connectivity index (χ1v) is 9.72. The third-order valence-corrected chi connectivity index (χ3v) is 5.68. The Hall–Kier alpha value is -2.44. The lowest BCUT2D eigenvalue weighted by molar-refractivity contribution is 1.04. The highest BCUT2D eigenvalue weighted by Crippen LogP contribution is 2.28. The molecule has 1 N–H and O–H groups in total. The minimum absolute atomic E-state index is 0.763. The molecular formula is C19H16N4S2. The van der Waals surface area contributed by atoms with Gasteiger partial charge in [0.25, 0.3) is 0 Å². The molecule has 4 rings (SSSR count). The molecule has 2 heterocycles. The van der Waals surface area contributed by atoms with Crippen LogP contribution in [0.25, 0.3) is 10.9 Å². The van der Waals surface area contributed by atoms with Gasteiger partial charge in [0.1, 0.15) is 5.01 Å². The van der Waals surface area contributed by atoms with Crippen molar-refractivity contribution in [2.24, 2.45) is 0 Å². The molecule has 0 amide bonds. The summed E-state index contributed by atoms with van der Waals surface area (Å²) < 4.78 is 0. The second-order valence-electron chi connectivity index (χ2n) is 5.58. The van der Waals surface area contributed by atoms with Crippen molar-refractivity contribution in [2.75, 3.05) is 5.32 Å². The van der Waals surface area contributed by atoms with Gasteiger partial charge in [-0.3, -0.25) is 0 Å². The van der Waals surface area contributed by atoms with Gasteiger partial charge in [-0.25, -0.2) is 4.98 Å². The van der Waals surface area contributed by atoms with Crippen molar-refractivity contribution in [2.45, 2.75) is 17.7 Å². The molecule has 0 saturated carbocycles. The van der Waals surface area contributed by atoms with Gasteiger partial charge in [-0.05, 0) is 36.8 Å². The molecule has 0 bridgehead atoms. The largest absolute Gasteiger partial charge is 0.330 e.